The number of carbonyl (C=O) groups is 1. The minimum atomic E-state index is 0.136. The van der Waals surface area contributed by atoms with Gasteiger partial charge in [0.05, 0.1) is 13.7 Å². The summed E-state index contributed by atoms with van der Waals surface area (Å²) >= 11 is 0. The first-order valence-corrected chi connectivity index (χ1v) is 8.68. The van der Waals surface area contributed by atoms with Crippen molar-refractivity contribution in [2.24, 2.45) is 0 Å². The number of carbonyl (C=O) groups excluding carboxylic acids is 1. The number of aromatic amines is 1. The number of ether oxygens (including phenoxy) is 1. The second-order valence-electron chi connectivity index (χ2n) is 6.59. The van der Waals surface area contributed by atoms with E-state index in [2.05, 4.69) is 9.88 Å². The number of rotatable bonds is 6. The summed E-state index contributed by atoms with van der Waals surface area (Å²) in [6.45, 7) is 3.47. The molecule has 1 aromatic heterocycles. The summed E-state index contributed by atoms with van der Waals surface area (Å²) in [6.07, 6.45) is 4.11. The van der Waals surface area contributed by atoms with Gasteiger partial charge < -0.3 is 14.8 Å². The first-order chi connectivity index (χ1) is 11.6. The van der Waals surface area contributed by atoms with Gasteiger partial charge in [-0.25, -0.2) is 0 Å². The standard InChI is InChI=1S/C19H26N2O3/c1-13-19(16-11-15(24-2)6-7-17(16)20-13)18(23)12-21-9-4-3-5-14(21)8-10-22/h6-7,11,14,20,22H,3-5,8-10,12H2,1-2H3/t14-/m1/s1. The number of hydrogen-bond donors (Lipinski definition) is 2. The van der Waals surface area contributed by atoms with Gasteiger partial charge in [-0.15, -0.1) is 0 Å². The summed E-state index contributed by atoms with van der Waals surface area (Å²) in [4.78, 5) is 18.5. The van der Waals surface area contributed by atoms with E-state index in [1.165, 1.54) is 6.42 Å². The van der Waals surface area contributed by atoms with Gasteiger partial charge in [0.15, 0.2) is 5.78 Å². The van der Waals surface area contributed by atoms with Crippen molar-refractivity contribution in [2.75, 3.05) is 26.8 Å². The molecule has 0 radical (unpaired) electrons. The van der Waals surface area contributed by atoms with Crippen LogP contribution in [0.3, 0.4) is 0 Å². The van der Waals surface area contributed by atoms with Gasteiger partial charge in [0.2, 0.25) is 0 Å². The highest BCUT2D eigenvalue weighted by Gasteiger charge is 2.26. The van der Waals surface area contributed by atoms with Crippen molar-refractivity contribution in [2.45, 2.75) is 38.6 Å². The number of nitrogens with zero attached hydrogens (tertiary/aromatic N) is 1. The van der Waals surface area contributed by atoms with E-state index >= 15 is 0 Å². The third kappa shape index (κ3) is 3.32. The number of fused-ring (bicyclic) bond motifs is 1. The highest BCUT2D eigenvalue weighted by atomic mass is 16.5. The average molecular weight is 330 g/mol. The van der Waals surface area contributed by atoms with E-state index in [1.807, 2.05) is 25.1 Å². The molecule has 5 heteroatoms. The number of Topliss-reactive ketones (excluding diaryl/α,β-unsaturated/α-hetero) is 1. The maximum absolute atomic E-state index is 13.0. The molecule has 0 bridgehead atoms. The Labute approximate surface area is 142 Å². The Morgan fingerprint density at radius 2 is 2.25 bits per heavy atom. The van der Waals surface area contributed by atoms with Gasteiger partial charge in [-0.1, -0.05) is 6.42 Å². The largest absolute Gasteiger partial charge is 0.497 e. The lowest BCUT2D eigenvalue weighted by molar-refractivity contribution is 0.0800. The van der Waals surface area contributed by atoms with Crippen LogP contribution in [0.4, 0.5) is 0 Å². The number of ketones is 1. The van der Waals surface area contributed by atoms with Crippen molar-refractivity contribution in [1.82, 2.24) is 9.88 Å². The summed E-state index contributed by atoms with van der Waals surface area (Å²) in [5.74, 6) is 0.892. The van der Waals surface area contributed by atoms with Crippen LogP contribution in [0.2, 0.25) is 0 Å². The van der Waals surface area contributed by atoms with Crippen LogP contribution in [0.1, 0.15) is 41.7 Å². The van der Waals surface area contributed by atoms with Crippen LogP contribution in [-0.4, -0.2) is 53.6 Å². The normalized spacial score (nSPS) is 18.9. The summed E-state index contributed by atoms with van der Waals surface area (Å²) in [6, 6.07) is 6.09. The van der Waals surface area contributed by atoms with Crippen molar-refractivity contribution < 1.29 is 14.6 Å². The van der Waals surface area contributed by atoms with Crippen molar-refractivity contribution >= 4 is 16.7 Å². The van der Waals surface area contributed by atoms with Crippen LogP contribution in [0.25, 0.3) is 10.9 Å². The molecular formula is C19H26N2O3. The van der Waals surface area contributed by atoms with E-state index in [9.17, 15) is 9.90 Å². The fraction of sp³-hybridized carbons (Fsp3) is 0.526. The minimum Gasteiger partial charge on any atom is -0.497 e. The van der Waals surface area contributed by atoms with Crippen LogP contribution in [0.5, 0.6) is 5.75 Å². The molecule has 5 nitrogen and oxygen atoms in total. The number of H-pyrrole nitrogens is 1. The molecule has 0 saturated carbocycles. The third-order valence-electron chi connectivity index (χ3n) is 5.03. The number of hydrogen-bond acceptors (Lipinski definition) is 4. The molecular weight excluding hydrogens is 304 g/mol. The number of aromatic nitrogens is 1. The van der Waals surface area contributed by atoms with Crippen LogP contribution in [-0.2, 0) is 0 Å². The Balaban J connectivity index is 1.86. The summed E-state index contributed by atoms with van der Waals surface area (Å²) in [5.41, 5.74) is 2.62. The van der Waals surface area contributed by atoms with Crippen molar-refractivity contribution in [3.63, 3.8) is 0 Å². The van der Waals surface area contributed by atoms with Crippen LogP contribution in [0.15, 0.2) is 18.2 Å². The molecule has 0 aliphatic carbocycles. The van der Waals surface area contributed by atoms with Gasteiger partial charge in [0, 0.05) is 34.8 Å². The molecule has 2 heterocycles. The molecule has 1 atom stereocenters. The lowest BCUT2D eigenvalue weighted by Gasteiger charge is -2.34. The van der Waals surface area contributed by atoms with E-state index < -0.39 is 0 Å². The van der Waals surface area contributed by atoms with Gasteiger partial charge in [0.1, 0.15) is 5.75 Å². The fourth-order valence-electron chi connectivity index (χ4n) is 3.80. The first-order valence-electron chi connectivity index (χ1n) is 8.68. The summed E-state index contributed by atoms with van der Waals surface area (Å²) in [7, 11) is 1.63. The molecule has 1 fully saturated rings. The zero-order valence-electron chi connectivity index (χ0n) is 14.5. The number of benzene rings is 1. The second kappa shape index (κ2) is 7.36. The molecule has 0 unspecified atom stereocenters. The number of nitrogens with one attached hydrogen (secondary N) is 1. The Hall–Kier alpha value is -1.85. The summed E-state index contributed by atoms with van der Waals surface area (Å²) < 4.78 is 5.30. The van der Waals surface area contributed by atoms with Gasteiger partial charge >= 0.3 is 0 Å². The number of aryl methyl sites for hydroxylation is 1. The van der Waals surface area contributed by atoms with E-state index in [4.69, 9.17) is 4.74 Å². The highest BCUT2D eigenvalue weighted by Crippen LogP contribution is 2.28. The Kier molecular flexibility index (Phi) is 5.21. The minimum absolute atomic E-state index is 0.136. The van der Waals surface area contributed by atoms with Gasteiger partial charge in [-0.3, -0.25) is 9.69 Å². The maximum atomic E-state index is 13.0. The quantitative estimate of drug-likeness (QED) is 0.799. The van der Waals surface area contributed by atoms with Gasteiger partial charge in [-0.2, -0.15) is 0 Å². The molecule has 1 aromatic carbocycles. The second-order valence-corrected chi connectivity index (χ2v) is 6.59. The monoisotopic (exact) mass is 330 g/mol. The number of aliphatic hydroxyl groups excluding tert-OH is 1. The average Bonchev–Trinajstić information content (AvgIpc) is 2.91. The van der Waals surface area contributed by atoms with Gasteiger partial charge in [0.25, 0.3) is 0 Å². The molecule has 1 saturated heterocycles. The number of piperidine rings is 1. The predicted octanol–water partition coefficient (Wildman–Crippen LogP) is 2.90. The Bertz CT molecular complexity index is 721. The lowest BCUT2D eigenvalue weighted by Crippen LogP contribution is -2.43. The zero-order chi connectivity index (χ0) is 17.1. The molecule has 24 heavy (non-hydrogen) atoms. The molecule has 2 aromatic rings. The van der Waals surface area contributed by atoms with Crippen LogP contribution in [0, 0.1) is 6.92 Å². The topological polar surface area (TPSA) is 65.6 Å². The van der Waals surface area contributed by atoms with Crippen molar-refractivity contribution in [3.8, 4) is 5.75 Å². The lowest BCUT2D eigenvalue weighted by atomic mass is 9.98. The van der Waals surface area contributed by atoms with E-state index in [-0.39, 0.29) is 12.4 Å². The van der Waals surface area contributed by atoms with Crippen molar-refractivity contribution in [1.29, 1.82) is 0 Å². The number of methoxy groups -OCH3 is 1. The molecule has 0 spiro atoms. The molecule has 0 amide bonds. The van der Waals surface area contributed by atoms with E-state index in [0.29, 0.717) is 12.6 Å². The Morgan fingerprint density at radius 3 is 3.00 bits per heavy atom. The maximum Gasteiger partial charge on any atom is 0.179 e. The van der Waals surface area contributed by atoms with E-state index in [0.717, 1.165) is 53.7 Å². The highest BCUT2D eigenvalue weighted by molar-refractivity contribution is 6.10. The number of likely N-dealkylation sites (tertiary alicyclic amines) is 1. The predicted molar refractivity (Wildman–Crippen MR) is 94.8 cm³/mol. The SMILES string of the molecule is COc1ccc2[nH]c(C)c(C(=O)CN3CCCC[C@@H]3CCO)c2c1. The smallest absolute Gasteiger partial charge is 0.179 e. The molecule has 130 valence electrons. The molecule has 3 rings (SSSR count). The molecule has 1 aliphatic heterocycles. The fourth-order valence-corrected chi connectivity index (χ4v) is 3.80. The molecule has 1 aliphatic rings. The number of aliphatic hydroxyl groups is 1. The van der Waals surface area contributed by atoms with Crippen LogP contribution < -0.4 is 4.74 Å². The zero-order valence-corrected chi connectivity index (χ0v) is 14.5. The van der Waals surface area contributed by atoms with E-state index in [1.54, 1.807) is 7.11 Å². The first kappa shape index (κ1) is 17.0. The van der Waals surface area contributed by atoms with Crippen molar-refractivity contribution in [3.05, 3.63) is 29.5 Å². The summed E-state index contributed by atoms with van der Waals surface area (Å²) in [5, 5.41) is 10.2. The Morgan fingerprint density at radius 1 is 1.42 bits per heavy atom. The molecule has 2 N–H and O–H groups in total. The van der Waals surface area contributed by atoms with Gasteiger partial charge in [-0.05, 0) is 50.9 Å². The third-order valence-corrected chi connectivity index (χ3v) is 5.03. The van der Waals surface area contributed by atoms with Crippen LogP contribution >= 0.6 is 0 Å².